The highest BCUT2D eigenvalue weighted by atomic mass is 16.3. The van der Waals surface area contributed by atoms with Crippen LogP contribution in [0.15, 0.2) is 16.5 Å². The van der Waals surface area contributed by atoms with Gasteiger partial charge in [-0.1, -0.05) is 32.9 Å². The Morgan fingerprint density at radius 1 is 1.20 bits per heavy atom. The van der Waals surface area contributed by atoms with Crippen LogP contribution in [0.3, 0.4) is 0 Å². The summed E-state index contributed by atoms with van der Waals surface area (Å²) in [7, 11) is 0. The molecule has 2 aromatic rings. The molecule has 1 aromatic carbocycles. The number of furan rings is 1. The van der Waals surface area contributed by atoms with E-state index in [9.17, 15) is 0 Å². The van der Waals surface area contributed by atoms with Crippen molar-refractivity contribution >= 4 is 11.0 Å². The summed E-state index contributed by atoms with van der Waals surface area (Å²) < 4.78 is 6.25. The first kappa shape index (κ1) is 13.7. The lowest BCUT2D eigenvalue weighted by atomic mass is 9.85. The number of nitrogens with one attached hydrogen (secondary N) is 1. The van der Waals surface area contributed by atoms with E-state index < -0.39 is 0 Å². The molecule has 3 rings (SSSR count). The highest BCUT2D eigenvalue weighted by Gasteiger charge is 2.24. The van der Waals surface area contributed by atoms with Crippen molar-refractivity contribution in [2.24, 2.45) is 0 Å². The van der Waals surface area contributed by atoms with E-state index in [1.165, 1.54) is 34.9 Å². The molecule has 1 saturated carbocycles. The average Bonchev–Trinajstić information content (AvgIpc) is 3.11. The third-order valence-electron chi connectivity index (χ3n) is 4.32. The molecule has 0 bridgehead atoms. The normalized spacial score (nSPS) is 16.1. The minimum Gasteiger partial charge on any atom is -0.459 e. The predicted octanol–water partition coefficient (Wildman–Crippen LogP) is 4.60. The summed E-state index contributed by atoms with van der Waals surface area (Å²) in [6.45, 7) is 12.0. The summed E-state index contributed by atoms with van der Waals surface area (Å²) in [5, 5.41) is 4.87. The minimum atomic E-state index is 0.109. The van der Waals surface area contributed by atoms with Crippen LogP contribution in [0.4, 0.5) is 0 Å². The highest BCUT2D eigenvalue weighted by Crippen LogP contribution is 2.36. The van der Waals surface area contributed by atoms with Gasteiger partial charge in [-0.15, -0.1) is 0 Å². The molecule has 0 unspecified atom stereocenters. The van der Waals surface area contributed by atoms with Crippen molar-refractivity contribution in [2.45, 2.75) is 65.5 Å². The van der Waals surface area contributed by atoms with Gasteiger partial charge < -0.3 is 9.73 Å². The molecule has 0 spiro atoms. The first-order valence-corrected chi connectivity index (χ1v) is 7.63. The van der Waals surface area contributed by atoms with Crippen LogP contribution in [-0.2, 0) is 12.0 Å². The third-order valence-corrected chi connectivity index (χ3v) is 4.32. The van der Waals surface area contributed by atoms with Crippen LogP contribution in [-0.4, -0.2) is 6.04 Å². The largest absolute Gasteiger partial charge is 0.459 e. The van der Waals surface area contributed by atoms with Crippen molar-refractivity contribution in [1.82, 2.24) is 5.32 Å². The zero-order chi connectivity index (χ0) is 14.5. The van der Waals surface area contributed by atoms with Gasteiger partial charge in [-0.3, -0.25) is 0 Å². The zero-order valence-corrected chi connectivity index (χ0v) is 13.3. The number of fused-ring (bicyclic) bond motifs is 1. The molecule has 1 aliphatic carbocycles. The maximum atomic E-state index is 6.25. The van der Waals surface area contributed by atoms with Crippen molar-refractivity contribution in [3.8, 4) is 0 Å². The van der Waals surface area contributed by atoms with Gasteiger partial charge in [-0.2, -0.15) is 0 Å². The molecule has 1 aromatic heterocycles. The summed E-state index contributed by atoms with van der Waals surface area (Å²) in [6, 6.07) is 5.16. The van der Waals surface area contributed by atoms with Crippen LogP contribution in [0.2, 0.25) is 0 Å². The van der Waals surface area contributed by atoms with Crippen LogP contribution < -0.4 is 5.32 Å². The monoisotopic (exact) mass is 271 g/mol. The SMILES string of the molecule is Cc1ccc(C(C)(C)C)c2oc(CNC3CC3)c(C)c12. The van der Waals surface area contributed by atoms with Crippen LogP contribution in [0.5, 0.6) is 0 Å². The predicted molar refractivity (Wildman–Crippen MR) is 84.2 cm³/mol. The van der Waals surface area contributed by atoms with Crippen molar-refractivity contribution in [2.75, 3.05) is 0 Å². The van der Waals surface area contributed by atoms with E-state index in [4.69, 9.17) is 4.42 Å². The first-order chi connectivity index (χ1) is 9.38. The van der Waals surface area contributed by atoms with Crippen LogP contribution in [0.25, 0.3) is 11.0 Å². The lowest BCUT2D eigenvalue weighted by molar-refractivity contribution is 0.496. The molecule has 2 nitrogen and oxygen atoms in total. The molecule has 0 atom stereocenters. The lowest BCUT2D eigenvalue weighted by Crippen LogP contribution is -2.15. The number of benzene rings is 1. The van der Waals surface area contributed by atoms with Gasteiger partial charge >= 0.3 is 0 Å². The van der Waals surface area contributed by atoms with Gasteiger partial charge in [0, 0.05) is 17.0 Å². The topological polar surface area (TPSA) is 25.2 Å². The molecule has 0 aliphatic heterocycles. The smallest absolute Gasteiger partial charge is 0.138 e. The van der Waals surface area contributed by atoms with Gasteiger partial charge in [0.1, 0.15) is 11.3 Å². The van der Waals surface area contributed by atoms with Gasteiger partial charge in [-0.25, -0.2) is 0 Å². The number of rotatable bonds is 3. The second kappa shape index (κ2) is 4.63. The molecule has 108 valence electrons. The highest BCUT2D eigenvalue weighted by molar-refractivity contribution is 5.88. The van der Waals surface area contributed by atoms with Crippen molar-refractivity contribution < 1.29 is 4.42 Å². The Morgan fingerprint density at radius 3 is 2.50 bits per heavy atom. The van der Waals surface area contributed by atoms with Gasteiger partial charge in [-0.05, 0) is 43.2 Å². The van der Waals surface area contributed by atoms with Crippen molar-refractivity contribution in [1.29, 1.82) is 0 Å². The van der Waals surface area contributed by atoms with Gasteiger partial charge in [0.2, 0.25) is 0 Å². The Balaban J connectivity index is 2.10. The second-order valence-corrected chi connectivity index (χ2v) is 7.19. The molecule has 1 N–H and O–H groups in total. The van der Waals surface area contributed by atoms with Crippen LogP contribution in [0, 0.1) is 13.8 Å². The number of aryl methyl sites for hydroxylation is 2. The van der Waals surface area contributed by atoms with E-state index in [1.807, 2.05) is 0 Å². The summed E-state index contributed by atoms with van der Waals surface area (Å²) in [4.78, 5) is 0. The molecule has 2 heteroatoms. The number of hydrogen-bond acceptors (Lipinski definition) is 2. The molecule has 1 fully saturated rings. The fourth-order valence-corrected chi connectivity index (χ4v) is 2.88. The molecule has 1 aliphatic rings. The Kier molecular flexibility index (Phi) is 3.17. The molecular formula is C18H25NO. The van der Waals surface area contributed by atoms with Crippen molar-refractivity contribution in [3.05, 3.63) is 34.6 Å². The standard InChI is InChI=1S/C18H25NO/c1-11-6-9-14(18(3,4)5)17-16(11)12(2)15(20-17)10-19-13-7-8-13/h6,9,13,19H,7-8,10H2,1-5H3. The summed E-state index contributed by atoms with van der Waals surface area (Å²) in [5.41, 5.74) is 5.11. The van der Waals surface area contributed by atoms with Crippen LogP contribution >= 0.6 is 0 Å². The maximum absolute atomic E-state index is 6.25. The Labute approximate surface area is 121 Å². The Bertz CT molecular complexity index is 641. The summed E-state index contributed by atoms with van der Waals surface area (Å²) in [6.07, 6.45) is 2.62. The summed E-state index contributed by atoms with van der Waals surface area (Å²) >= 11 is 0. The second-order valence-electron chi connectivity index (χ2n) is 7.19. The molecule has 0 amide bonds. The van der Waals surface area contributed by atoms with Crippen LogP contribution in [0.1, 0.15) is 56.1 Å². The Morgan fingerprint density at radius 2 is 1.90 bits per heavy atom. The van der Waals surface area contributed by atoms with E-state index in [2.05, 4.69) is 52.1 Å². The maximum Gasteiger partial charge on any atom is 0.138 e. The van der Waals surface area contributed by atoms with Gasteiger partial charge in [0.05, 0.1) is 6.54 Å². The van der Waals surface area contributed by atoms with E-state index >= 15 is 0 Å². The lowest BCUT2D eigenvalue weighted by Gasteiger charge is -2.19. The quantitative estimate of drug-likeness (QED) is 0.882. The fraction of sp³-hybridized carbons (Fsp3) is 0.556. The molecule has 0 saturated heterocycles. The fourth-order valence-electron chi connectivity index (χ4n) is 2.88. The van der Waals surface area contributed by atoms with Gasteiger partial charge in [0.15, 0.2) is 0 Å². The molecule has 0 radical (unpaired) electrons. The molecule has 1 heterocycles. The number of hydrogen-bond donors (Lipinski definition) is 1. The van der Waals surface area contributed by atoms with E-state index in [1.54, 1.807) is 0 Å². The van der Waals surface area contributed by atoms with Crippen molar-refractivity contribution in [3.63, 3.8) is 0 Å². The molecular weight excluding hydrogens is 246 g/mol. The van der Waals surface area contributed by atoms with E-state index in [0.717, 1.165) is 17.9 Å². The average molecular weight is 271 g/mol. The van der Waals surface area contributed by atoms with E-state index in [0.29, 0.717) is 6.04 Å². The van der Waals surface area contributed by atoms with Gasteiger partial charge in [0.25, 0.3) is 0 Å². The van der Waals surface area contributed by atoms with E-state index in [-0.39, 0.29) is 5.41 Å². The summed E-state index contributed by atoms with van der Waals surface area (Å²) in [5.74, 6) is 1.10. The third kappa shape index (κ3) is 2.37. The molecule has 20 heavy (non-hydrogen) atoms. The first-order valence-electron chi connectivity index (χ1n) is 7.63. The Hall–Kier alpha value is -1.28. The zero-order valence-electron chi connectivity index (χ0n) is 13.3. The minimum absolute atomic E-state index is 0.109.